The van der Waals surface area contributed by atoms with E-state index in [9.17, 15) is 0 Å². The van der Waals surface area contributed by atoms with E-state index in [4.69, 9.17) is 33.5 Å². The summed E-state index contributed by atoms with van der Waals surface area (Å²) >= 11 is 11.9. The van der Waals surface area contributed by atoms with Gasteiger partial charge in [-0.2, -0.15) is 4.98 Å². The molecule has 6 heteroatoms. The molecule has 1 heterocycles. The molecule has 1 aromatic carbocycles. The van der Waals surface area contributed by atoms with Crippen LogP contribution in [0.5, 0.6) is 0 Å². The Balaban J connectivity index is 1.92. The molecule has 2 aromatic rings. The fourth-order valence-electron chi connectivity index (χ4n) is 1.83. The highest BCUT2D eigenvalue weighted by Crippen LogP contribution is 2.39. The Kier molecular flexibility index (Phi) is 3.01. The monoisotopic (exact) mass is 283 g/mol. The molecule has 1 aliphatic carbocycles. The molecule has 1 atom stereocenters. The number of hydrogen-bond donors (Lipinski definition) is 1. The SMILES string of the molecule is NC(c1noc(-c2cc(Cl)cc(Cl)c2)n1)C1CC1. The smallest absolute Gasteiger partial charge is 0.258 e. The fourth-order valence-corrected chi connectivity index (χ4v) is 2.36. The minimum absolute atomic E-state index is 0.142. The van der Waals surface area contributed by atoms with E-state index in [1.165, 1.54) is 0 Å². The fraction of sp³-hybridized carbons (Fsp3) is 0.333. The van der Waals surface area contributed by atoms with Crippen LogP contribution in [0.1, 0.15) is 24.7 Å². The quantitative estimate of drug-likeness (QED) is 0.937. The van der Waals surface area contributed by atoms with Gasteiger partial charge in [0.2, 0.25) is 0 Å². The summed E-state index contributed by atoms with van der Waals surface area (Å²) in [5.41, 5.74) is 6.72. The van der Waals surface area contributed by atoms with E-state index in [0.717, 1.165) is 12.8 Å². The molecule has 0 saturated heterocycles. The lowest BCUT2D eigenvalue weighted by Crippen LogP contribution is -2.13. The first-order chi connectivity index (χ1) is 8.63. The van der Waals surface area contributed by atoms with Crippen LogP contribution < -0.4 is 5.73 Å². The molecule has 1 unspecified atom stereocenters. The second-order valence-electron chi connectivity index (χ2n) is 4.48. The molecule has 3 rings (SSSR count). The van der Waals surface area contributed by atoms with Crippen molar-refractivity contribution in [2.75, 3.05) is 0 Å². The summed E-state index contributed by atoms with van der Waals surface area (Å²) in [7, 11) is 0. The van der Waals surface area contributed by atoms with Crippen LogP contribution >= 0.6 is 23.2 Å². The zero-order chi connectivity index (χ0) is 12.7. The highest BCUT2D eigenvalue weighted by Gasteiger charge is 2.32. The Morgan fingerprint density at radius 3 is 2.50 bits per heavy atom. The van der Waals surface area contributed by atoms with E-state index in [1.807, 2.05) is 0 Å². The van der Waals surface area contributed by atoms with Gasteiger partial charge >= 0.3 is 0 Å². The zero-order valence-corrected chi connectivity index (χ0v) is 10.9. The van der Waals surface area contributed by atoms with Gasteiger partial charge in [-0.1, -0.05) is 28.4 Å². The van der Waals surface area contributed by atoms with Crippen LogP contribution in [0.25, 0.3) is 11.5 Å². The van der Waals surface area contributed by atoms with Crippen LogP contribution in [0, 0.1) is 5.92 Å². The maximum absolute atomic E-state index is 6.01. The Bertz CT molecular complexity index is 560. The third-order valence-corrected chi connectivity index (χ3v) is 3.42. The van der Waals surface area contributed by atoms with Gasteiger partial charge in [-0.3, -0.25) is 0 Å². The maximum atomic E-state index is 6.01. The highest BCUT2D eigenvalue weighted by atomic mass is 35.5. The van der Waals surface area contributed by atoms with Crippen LogP contribution in [0.4, 0.5) is 0 Å². The van der Waals surface area contributed by atoms with Crippen molar-refractivity contribution < 1.29 is 4.52 Å². The predicted molar refractivity (Wildman–Crippen MR) is 69.4 cm³/mol. The number of nitrogens with zero attached hydrogens (tertiary/aromatic N) is 2. The lowest BCUT2D eigenvalue weighted by Gasteiger charge is -2.02. The third kappa shape index (κ3) is 2.36. The lowest BCUT2D eigenvalue weighted by atomic mass is 10.2. The molecule has 2 N–H and O–H groups in total. The maximum Gasteiger partial charge on any atom is 0.258 e. The van der Waals surface area contributed by atoms with Crippen LogP contribution in [0.3, 0.4) is 0 Å². The van der Waals surface area contributed by atoms with Gasteiger partial charge in [0.25, 0.3) is 5.89 Å². The summed E-state index contributed by atoms with van der Waals surface area (Å²) in [6.07, 6.45) is 2.27. The van der Waals surface area contributed by atoms with E-state index in [0.29, 0.717) is 33.2 Å². The lowest BCUT2D eigenvalue weighted by molar-refractivity contribution is 0.411. The van der Waals surface area contributed by atoms with Crippen molar-refractivity contribution >= 4 is 23.2 Å². The number of rotatable bonds is 3. The van der Waals surface area contributed by atoms with E-state index >= 15 is 0 Å². The summed E-state index contributed by atoms with van der Waals surface area (Å²) in [4.78, 5) is 4.30. The minimum Gasteiger partial charge on any atom is -0.334 e. The molecule has 0 spiro atoms. The zero-order valence-electron chi connectivity index (χ0n) is 9.44. The molecule has 1 aliphatic rings. The van der Waals surface area contributed by atoms with Crippen LogP contribution in [-0.2, 0) is 0 Å². The van der Waals surface area contributed by atoms with Crippen molar-refractivity contribution in [1.29, 1.82) is 0 Å². The van der Waals surface area contributed by atoms with Crippen molar-refractivity contribution in [3.8, 4) is 11.5 Å². The number of aromatic nitrogens is 2. The van der Waals surface area contributed by atoms with Gasteiger partial charge in [-0.05, 0) is 37.0 Å². The molecule has 4 nitrogen and oxygen atoms in total. The number of hydrogen-bond acceptors (Lipinski definition) is 4. The van der Waals surface area contributed by atoms with Gasteiger partial charge in [0.05, 0.1) is 6.04 Å². The molecular weight excluding hydrogens is 273 g/mol. The number of halogens is 2. The summed E-state index contributed by atoms with van der Waals surface area (Å²) in [5, 5.41) is 4.98. The van der Waals surface area contributed by atoms with Crippen LogP contribution in [0.2, 0.25) is 10.0 Å². The number of nitrogens with two attached hydrogens (primary N) is 1. The topological polar surface area (TPSA) is 64.9 Å². The highest BCUT2D eigenvalue weighted by molar-refractivity contribution is 6.35. The van der Waals surface area contributed by atoms with Gasteiger partial charge in [-0.25, -0.2) is 0 Å². The molecule has 18 heavy (non-hydrogen) atoms. The minimum atomic E-state index is -0.142. The average Bonchev–Trinajstić information content (AvgIpc) is 3.04. The van der Waals surface area contributed by atoms with Crippen molar-refractivity contribution in [3.63, 3.8) is 0 Å². The van der Waals surface area contributed by atoms with Gasteiger partial charge < -0.3 is 10.3 Å². The van der Waals surface area contributed by atoms with Crippen molar-refractivity contribution in [1.82, 2.24) is 10.1 Å². The second-order valence-corrected chi connectivity index (χ2v) is 5.35. The molecule has 0 aliphatic heterocycles. The Morgan fingerprint density at radius 1 is 1.22 bits per heavy atom. The number of benzene rings is 1. The molecule has 1 fully saturated rings. The van der Waals surface area contributed by atoms with Crippen molar-refractivity contribution in [3.05, 3.63) is 34.1 Å². The Labute approximate surface area is 114 Å². The average molecular weight is 284 g/mol. The molecule has 0 bridgehead atoms. The van der Waals surface area contributed by atoms with Gasteiger partial charge in [0, 0.05) is 15.6 Å². The second kappa shape index (κ2) is 4.53. The normalized spacial score (nSPS) is 16.8. The molecule has 0 radical (unpaired) electrons. The molecule has 1 aromatic heterocycles. The van der Waals surface area contributed by atoms with E-state index in [1.54, 1.807) is 18.2 Å². The van der Waals surface area contributed by atoms with Gasteiger partial charge in [0.15, 0.2) is 5.82 Å². The van der Waals surface area contributed by atoms with E-state index in [-0.39, 0.29) is 6.04 Å². The van der Waals surface area contributed by atoms with Gasteiger partial charge in [0.1, 0.15) is 0 Å². The van der Waals surface area contributed by atoms with Gasteiger partial charge in [-0.15, -0.1) is 0 Å². The predicted octanol–water partition coefficient (Wildman–Crippen LogP) is 3.45. The Hall–Kier alpha value is -1.10. The van der Waals surface area contributed by atoms with E-state index in [2.05, 4.69) is 10.1 Å². The summed E-state index contributed by atoms with van der Waals surface area (Å²) in [6, 6.07) is 4.97. The summed E-state index contributed by atoms with van der Waals surface area (Å²) in [6.45, 7) is 0. The standard InChI is InChI=1S/C12H11Cl2N3O/c13-8-3-7(4-9(14)5-8)12-16-11(17-18-12)10(15)6-1-2-6/h3-6,10H,1-2,15H2. The first-order valence-electron chi connectivity index (χ1n) is 5.69. The third-order valence-electron chi connectivity index (χ3n) is 2.98. The summed E-state index contributed by atoms with van der Waals surface area (Å²) in [5.74, 6) is 1.42. The first-order valence-corrected chi connectivity index (χ1v) is 6.45. The van der Waals surface area contributed by atoms with Crippen molar-refractivity contribution in [2.24, 2.45) is 11.7 Å². The Morgan fingerprint density at radius 2 is 1.89 bits per heavy atom. The van der Waals surface area contributed by atoms with Crippen LogP contribution in [-0.4, -0.2) is 10.1 Å². The van der Waals surface area contributed by atoms with Crippen molar-refractivity contribution in [2.45, 2.75) is 18.9 Å². The largest absolute Gasteiger partial charge is 0.334 e. The molecule has 0 amide bonds. The molecule has 94 valence electrons. The van der Waals surface area contributed by atoms with E-state index < -0.39 is 0 Å². The van der Waals surface area contributed by atoms with Crippen LogP contribution in [0.15, 0.2) is 22.7 Å². The summed E-state index contributed by atoms with van der Waals surface area (Å²) < 4.78 is 5.20. The first kappa shape index (κ1) is 12.0. The molecule has 1 saturated carbocycles. The molecular formula is C12H11Cl2N3O.